The molecule has 0 aliphatic carbocycles. The standard InChI is InChI=1S/C15H17NOS/c1-16-8-12-7-13(17-2)3-4-14(12)15(9-16)11-5-6-18-10-11/h3-7,10,15H,8-9H2,1-2H3. The largest absolute Gasteiger partial charge is 0.497 e. The second-order valence-corrected chi connectivity index (χ2v) is 5.65. The zero-order valence-electron chi connectivity index (χ0n) is 10.7. The second kappa shape index (κ2) is 4.75. The van der Waals surface area contributed by atoms with Gasteiger partial charge in [0, 0.05) is 19.0 Å². The minimum Gasteiger partial charge on any atom is -0.497 e. The van der Waals surface area contributed by atoms with Crippen LogP contribution in [0.3, 0.4) is 0 Å². The molecule has 2 heterocycles. The van der Waals surface area contributed by atoms with Crippen LogP contribution in [-0.4, -0.2) is 25.6 Å². The Morgan fingerprint density at radius 1 is 1.33 bits per heavy atom. The maximum atomic E-state index is 5.32. The lowest BCUT2D eigenvalue weighted by atomic mass is 9.86. The first-order chi connectivity index (χ1) is 8.78. The molecule has 1 unspecified atom stereocenters. The summed E-state index contributed by atoms with van der Waals surface area (Å²) in [6, 6.07) is 8.71. The van der Waals surface area contributed by atoms with Gasteiger partial charge in [0.25, 0.3) is 0 Å². The highest BCUT2D eigenvalue weighted by Gasteiger charge is 2.25. The fraction of sp³-hybridized carbons (Fsp3) is 0.333. The predicted molar refractivity (Wildman–Crippen MR) is 75.5 cm³/mol. The van der Waals surface area contributed by atoms with E-state index in [1.165, 1.54) is 16.7 Å². The van der Waals surface area contributed by atoms with Crippen LogP contribution in [0.2, 0.25) is 0 Å². The van der Waals surface area contributed by atoms with Crippen LogP contribution in [-0.2, 0) is 6.54 Å². The number of thiophene rings is 1. The highest BCUT2D eigenvalue weighted by molar-refractivity contribution is 7.08. The summed E-state index contributed by atoms with van der Waals surface area (Å²) in [5, 5.41) is 4.42. The zero-order chi connectivity index (χ0) is 12.5. The summed E-state index contributed by atoms with van der Waals surface area (Å²) >= 11 is 1.77. The third kappa shape index (κ3) is 2.04. The van der Waals surface area contributed by atoms with Gasteiger partial charge in [0.2, 0.25) is 0 Å². The number of rotatable bonds is 2. The monoisotopic (exact) mass is 259 g/mol. The lowest BCUT2D eigenvalue weighted by Gasteiger charge is -2.32. The van der Waals surface area contributed by atoms with Crippen molar-refractivity contribution in [2.75, 3.05) is 20.7 Å². The number of benzene rings is 1. The van der Waals surface area contributed by atoms with E-state index in [1.807, 2.05) is 0 Å². The third-order valence-electron chi connectivity index (χ3n) is 3.61. The lowest BCUT2D eigenvalue weighted by molar-refractivity contribution is 0.294. The molecule has 1 aromatic carbocycles. The molecule has 0 saturated carbocycles. The van der Waals surface area contributed by atoms with Gasteiger partial charge in [-0.3, -0.25) is 0 Å². The van der Waals surface area contributed by atoms with Crippen LogP contribution in [0.1, 0.15) is 22.6 Å². The Bertz CT molecular complexity index is 535. The number of nitrogens with zero attached hydrogens (tertiary/aromatic N) is 1. The molecule has 0 spiro atoms. The van der Waals surface area contributed by atoms with Crippen molar-refractivity contribution < 1.29 is 4.74 Å². The SMILES string of the molecule is COc1ccc2c(c1)CN(C)CC2c1ccsc1. The van der Waals surface area contributed by atoms with Crippen LogP contribution < -0.4 is 4.74 Å². The number of likely N-dealkylation sites (N-methyl/N-ethyl adjacent to an activating group) is 1. The van der Waals surface area contributed by atoms with E-state index in [1.54, 1.807) is 18.4 Å². The lowest BCUT2D eigenvalue weighted by Crippen LogP contribution is -2.30. The van der Waals surface area contributed by atoms with Gasteiger partial charge in [-0.05, 0) is 52.7 Å². The molecular formula is C15H17NOS. The summed E-state index contributed by atoms with van der Waals surface area (Å²) in [6.45, 7) is 2.10. The Hall–Kier alpha value is -1.32. The quantitative estimate of drug-likeness (QED) is 0.820. The van der Waals surface area contributed by atoms with Gasteiger partial charge in [-0.1, -0.05) is 6.07 Å². The van der Waals surface area contributed by atoms with Crippen LogP contribution in [0.25, 0.3) is 0 Å². The molecule has 2 aromatic rings. The Morgan fingerprint density at radius 3 is 2.94 bits per heavy atom. The van der Waals surface area contributed by atoms with Gasteiger partial charge in [0.05, 0.1) is 7.11 Å². The fourth-order valence-electron chi connectivity index (χ4n) is 2.71. The van der Waals surface area contributed by atoms with E-state index in [9.17, 15) is 0 Å². The molecule has 0 saturated heterocycles. The maximum Gasteiger partial charge on any atom is 0.119 e. The van der Waals surface area contributed by atoms with E-state index in [0.717, 1.165) is 18.8 Å². The number of hydrogen-bond donors (Lipinski definition) is 0. The van der Waals surface area contributed by atoms with Crippen molar-refractivity contribution >= 4 is 11.3 Å². The fourth-order valence-corrected chi connectivity index (χ4v) is 3.42. The van der Waals surface area contributed by atoms with Gasteiger partial charge in [-0.2, -0.15) is 11.3 Å². The molecule has 0 amide bonds. The van der Waals surface area contributed by atoms with E-state index in [-0.39, 0.29) is 0 Å². The first-order valence-electron chi connectivity index (χ1n) is 6.15. The number of methoxy groups -OCH3 is 1. The van der Waals surface area contributed by atoms with Crippen LogP contribution in [0.5, 0.6) is 5.75 Å². The summed E-state index contributed by atoms with van der Waals surface area (Å²) in [7, 11) is 3.91. The summed E-state index contributed by atoms with van der Waals surface area (Å²) in [6.07, 6.45) is 0. The second-order valence-electron chi connectivity index (χ2n) is 4.87. The number of ether oxygens (including phenoxy) is 1. The van der Waals surface area contributed by atoms with E-state index in [2.05, 4.69) is 47.0 Å². The third-order valence-corrected chi connectivity index (χ3v) is 4.31. The molecule has 94 valence electrons. The highest BCUT2D eigenvalue weighted by Crippen LogP contribution is 2.35. The normalized spacial score (nSPS) is 19.6. The molecule has 0 N–H and O–H groups in total. The van der Waals surface area contributed by atoms with Crippen LogP contribution in [0.4, 0.5) is 0 Å². The molecule has 3 rings (SSSR count). The average molecular weight is 259 g/mol. The maximum absolute atomic E-state index is 5.32. The molecule has 1 aliphatic rings. The van der Waals surface area contributed by atoms with Gasteiger partial charge >= 0.3 is 0 Å². The molecule has 0 fully saturated rings. The van der Waals surface area contributed by atoms with Crippen molar-refractivity contribution in [2.45, 2.75) is 12.5 Å². The Balaban J connectivity index is 2.05. The Labute approximate surface area is 112 Å². The molecular weight excluding hydrogens is 242 g/mol. The number of hydrogen-bond acceptors (Lipinski definition) is 3. The van der Waals surface area contributed by atoms with Crippen molar-refractivity contribution in [2.24, 2.45) is 0 Å². The van der Waals surface area contributed by atoms with Crippen LogP contribution in [0, 0.1) is 0 Å². The van der Waals surface area contributed by atoms with Gasteiger partial charge < -0.3 is 9.64 Å². The molecule has 18 heavy (non-hydrogen) atoms. The molecule has 1 atom stereocenters. The Morgan fingerprint density at radius 2 is 2.22 bits per heavy atom. The molecule has 0 radical (unpaired) electrons. The van der Waals surface area contributed by atoms with Gasteiger partial charge in [0.15, 0.2) is 0 Å². The topological polar surface area (TPSA) is 12.5 Å². The molecule has 1 aromatic heterocycles. The van der Waals surface area contributed by atoms with Crippen molar-refractivity contribution in [3.63, 3.8) is 0 Å². The average Bonchev–Trinajstić information content (AvgIpc) is 2.90. The van der Waals surface area contributed by atoms with Crippen molar-refractivity contribution in [1.82, 2.24) is 4.90 Å². The van der Waals surface area contributed by atoms with E-state index in [4.69, 9.17) is 4.74 Å². The summed E-state index contributed by atoms with van der Waals surface area (Å²) in [5.74, 6) is 1.45. The molecule has 0 bridgehead atoms. The highest BCUT2D eigenvalue weighted by atomic mass is 32.1. The molecule has 3 heteroatoms. The van der Waals surface area contributed by atoms with Gasteiger partial charge in [0.1, 0.15) is 5.75 Å². The first kappa shape index (κ1) is 11.8. The zero-order valence-corrected chi connectivity index (χ0v) is 11.5. The molecule has 1 aliphatic heterocycles. The van der Waals surface area contributed by atoms with E-state index < -0.39 is 0 Å². The van der Waals surface area contributed by atoms with Gasteiger partial charge in [-0.25, -0.2) is 0 Å². The van der Waals surface area contributed by atoms with E-state index >= 15 is 0 Å². The summed E-state index contributed by atoms with van der Waals surface area (Å²) < 4.78 is 5.32. The minimum absolute atomic E-state index is 0.496. The van der Waals surface area contributed by atoms with Crippen LogP contribution >= 0.6 is 11.3 Å². The summed E-state index contributed by atoms with van der Waals surface area (Å²) in [5.41, 5.74) is 4.27. The first-order valence-corrected chi connectivity index (χ1v) is 7.09. The van der Waals surface area contributed by atoms with Crippen molar-refractivity contribution in [1.29, 1.82) is 0 Å². The Kier molecular flexibility index (Phi) is 3.10. The molecule has 2 nitrogen and oxygen atoms in total. The number of fused-ring (bicyclic) bond motifs is 1. The summed E-state index contributed by atoms with van der Waals surface area (Å²) in [4.78, 5) is 2.38. The van der Waals surface area contributed by atoms with E-state index in [0.29, 0.717) is 5.92 Å². The smallest absolute Gasteiger partial charge is 0.119 e. The van der Waals surface area contributed by atoms with Crippen LogP contribution in [0.15, 0.2) is 35.0 Å². The minimum atomic E-state index is 0.496. The van der Waals surface area contributed by atoms with Gasteiger partial charge in [-0.15, -0.1) is 0 Å². The van der Waals surface area contributed by atoms with Crippen molar-refractivity contribution in [3.05, 3.63) is 51.7 Å². The predicted octanol–water partition coefficient (Wildman–Crippen LogP) is 3.33. The van der Waals surface area contributed by atoms with Crippen molar-refractivity contribution in [3.8, 4) is 5.75 Å².